The molecule has 0 fully saturated rings. The first kappa shape index (κ1) is 13.8. The molecule has 0 aliphatic carbocycles. The van der Waals surface area contributed by atoms with E-state index in [9.17, 15) is 0 Å². The lowest BCUT2D eigenvalue weighted by molar-refractivity contribution is 0.559. The molecular weight excluding hydrogens is 262 g/mol. The van der Waals surface area contributed by atoms with E-state index in [0.717, 1.165) is 18.2 Å². The molecule has 2 heterocycles. The molecule has 0 radical (unpaired) electrons. The third-order valence-electron chi connectivity index (χ3n) is 2.64. The van der Waals surface area contributed by atoms with Gasteiger partial charge in [0.2, 0.25) is 0 Å². The van der Waals surface area contributed by atoms with Gasteiger partial charge in [0.25, 0.3) is 0 Å². The minimum Gasteiger partial charge on any atom is -0.366 e. The van der Waals surface area contributed by atoms with Gasteiger partial charge in [-0.1, -0.05) is 25.4 Å². The molecule has 6 heteroatoms. The molecule has 0 aromatic carbocycles. The number of hydrogen-bond donors (Lipinski definition) is 1. The highest BCUT2D eigenvalue weighted by Gasteiger charge is 2.09. The molecule has 0 saturated heterocycles. The highest BCUT2D eigenvalue weighted by molar-refractivity contribution is 6.29. The normalized spacial score (nSPS) is 12.7. The monoisotopic (exact) mass is 279 g/mol. The van der Waals surface area contributed by atoms with Gasteiger partial charge in [0.05, 0.1) is 6.54 Å². The maximum absolute atomic E-state index is 6.01. The van der Waals surface area contributed by atoms with Crippen molar-refractivity contribution >= 4 is 17.4 Å². The zero-order chi connectivity index (χ0) is 13.8. The van der Waals surface area contributed by atoms with E-state index in [1.165, 1.54) is 0 Å². The van der Waals surface area contributed by atoms with Gasteiger partial charge < -0.3 is 5.32 Å². The number of anilines is 1. The molecule has 0 saturated carbocycles. The van der Waals surface area contributed by atoms with Crippen LogP contribution in [-0.2, 0) is 6.54 Å². The Morgan fingerprint density at radius 3 is 2.74 bits per heavy atom. The third-order valence-corrected chi connectivity index (χ3v) is 2.84. The van der Waals surface area contributed by atoms with Crippen LogP contribution in [0.2, 0.25) is 5.15 Å². The van der Waals surface area contributed by atoms with Crippen LogP contribution in [0.25, 0.3) is 0 Å². The molecule has 2 aromatic heterocycles. The number of rotatable bonds is 5. The van der Waals surface area contributed by atoms with Gasteiger partial charge in [-0.25, -0.2) is 9.97 Å². The maximum Gasteiger partial charge on any atom is 0.135 e. The van der Waals surface area contributed by atoms with E-state index in [1.54, 1.807) is 12.3 Å². The first-order chi connectivity index (χ1) is 9.04. The van der Waals surface area contributed by atoms with E-state index in [-0.39, 0.29) is 12.0 Å². The van der Waals surface area contributed by atoms with Gasteiger partial charge in [0, 0.05) is 30.4 Å². The molecule has 102 valence electrons. The van der Waals surface area contributed by atoms with Crippen molar-refractivity contribution in [3.8, 4) is 0 Å². The zero-order valence-electron chi connectivity index (χ0n) is 11.3. The fourth-order valence-electron chi connectivity index (χ4n) is 1.75. The van der Waals surface area contributed by atoms with Crippen LogP contribution in [0.4, 0.5) is 5.82 Å². The lowest BCUT2D eigenvalue weighted by atomic mass is 10.2. The Labute approximate surface area is 118 Å². The van der Waals surface area contributed by atoms with Crippen molar-refractivity contribution < 1.29 is 0 Å². The van der Waals surface area contributed by atoms with Gasteiger partial charge >= 0.3 is 0 Å². The van der Waals surface area contributed by atoms with Crippen molar-refractivity contribution in [1.29, 1.82) is 0 Å². The minimum absolute atomic E-state index is 0.200. The second-order valence-corrected chi connectivity index (χ2v) is 5.25. The highest BCUT2D eigenvalue weighted by atomic mass is 35.5. The number of aromatic nitrogens is 4. The van der Waals surface area contributed by atoms with Gasteiger partial charge in [-0.2, -0.15) is 5.10 Å². The van der Waals surface area contributed by atoms with E-state index >= 15 is 0 Å². The molecule has 0 aliphatic rings. The van der Waals surface area contributed by atoms with Crippen molar-refractivity contribution in [2.24, 2.45) is 0 Å². The Morgan fingerprint density at radius 2 is 2.11 bits per heavy atom. The van der Waals surface area contributed by atoms with Gasteiger partial charge in [-0.3, -0.25) is 4.68 Å². The van der Waals surface area contributed by atoms with Gasteiger partial charge in [0.1, 0.15) is 16.8 Å². The smallest absolute Gasteiger partial charge is 0.135 e. The Morgan fingerprint density at radius 1 is 1.32 bits per heavy atom. The maximum atomic E-state index is 6.01. The van der Waals surface area contributed by atoms with Crippen molar-refractivity contribution in [1.82, 2.24) is 19.7 Å². The molecule has 0 amide bonds. The second kappa shape index (κ2) is 6.02. The fraction of sp³-hybridized carbons (Fsp3) is 0.462. The molecule has 19 heavy (non-hydrogen) atoms. The van der Waals surface area contributed by atoms with Crippen LogP contribution in [0.3, 0.4) is 0 Å². The first-order valence-electron chi connectivity index (χ1n) is 6.33. The van der Waals surface area contributed by atoms with Crippen LogP contribution in [0, 0.1) is 0 Å². The van der Waals surface area contributed by atoms with Gasteiger partial charge in [-0.15, -0.1) is 0 Å². The Hall–Kier alpha value is -1.62. The summed E-state index contributed by atoms with van der Waals surface area (Å²) in [6, 6.07) is 3.85. The van der Waals surface area contributed by atoms with Gasteiger partial charge in [0.15, 0.2) is 0 Å². The largest absolute Gasteiger partial charge is 0.366 e. The summed E-state index contributed by atoms with van der Waals surface area (Å²) >= 11 is 6.01. The molecule has 5 nitrogen and oxygen atoms in total. The molecule has 1 N–H and O–H groups in total. The average Bonchev–Trinajstić information content (AvgIpc) is 2.80. The Balaban J connectivity index is 2.05. The first-order valence-corrected chi connectivity index (χ1v) is 6.71. The molecule has 2 rings (SSSR count). The number of nitrogens with zero attached hydrogens (tertiary/aromatic N) is 4. The van der Waals surface area contributed by atoms with Crippen LogP contribution in [0.5, 0.6) is 0 Å². The van der Waals surface area contributed by atoms with E-state index in [0.29, 0.717) is 5.15 Å². The van der Waals surface area contributed by atoms with Crippen LogP contribution in [0.1, 0.15) is 32.5 Å². The third kappa shape index (κ3) is 3.92. The van der Waals surface area contributed by atoms with Crippen molar-refractivity contribution in [2.45, 2.75) is 39.3 Å². The van der Waals surface area contributed by atoms with Crippen LogP contribution in [-0.4, -0.2) is 25.8 Å². The Bertz CT molecular complexity index is 524. The second-order valence-electron chi connectivity index (χ2n) is 4.86. The topological polar surface area (TPSA) is 55.6 Å². The predicted octanol–water partition coefficient (Wildman–Crippen LogP) is 2.95. The van der Waals surface area contributed by atoms with E-state index in [2.05, 4.69) is 27.3 Å². The standard InChI is InChI=1S/C13H18ClN5/c1-9(2)13-17-11(14)7-12(18-13)16-10(3)8-19-6-4-5-15-19/h4-7,9-10H,8H2,1-3H3,(H,16,17,18). The SMILES string of the molecule is CC(Cn1cccn1)Nc1cc(Cl)nc(C(C)C)n1. The zero-order valence-corrected chi connectivity index (χ0v) is 12.1. The molecule has 0 bridgehead atoms. The van der Waals surface area contributed by atoms with Crippen LogP contribution < -0.4 is 5.32 Å². The summed E-state index contributed by atoms with van der Waals surface area (Å²) in [6.07, 6.45) is 3.70. The number of halogens is 1. The highest BCUT2D eigenvalue weighted by Crippen LogP contribution is 2.17. The predicted molar refractivity (Wildman–Crippen MR) is 76.4 cm³/mol. The molecule has 0 spiro atoms. The fourth-order valence-corrected chi connectivity index (χ4v) is 1.94. The summed E-state index contributed by atoms with van der Waals surface area (Å²) in [4.78, 5) is 8.68. The molecular formula is C13H18ClN5. The summed E-state index contributed by atoms with van der Waals surface area (Å²) < 4.78 is 1.88. The number of nitrogens with one attached hydrogen (secondary N) is 1. The molecule has 1 atom stereocenters. The molecule has 0 aliphatic heterocycles. The van der Waals surface area contributed by atoms with E-state index < -0.39 is 0 Å². The van der Waals surface area contributed by atoms with E-state index in [4.69, 9.17) is 11.6 Å². The van der Waals surface area contributed by atoms with Crippen molar-refractivity contribution in [3.63, 3.8) is 0 Å². The van der Waals surface area contributed by atoms with Crippen LogP contribution >= 0.6 is 11.6 Å². The number of hydrogen-bond acceptors (Lipinski definition) is 4. The summed E-state index contributed by atoms with van der Waals surface area (Å²) in [5.41, 5.74) is 0. The summed E-state index contributed by atoms with van der Waals surface area (Å²) in [5, 5.41) is 7.96. The van der Waals surface area contributed by atoms with E-state index in [1.807, 2.05) is 30.8 Å². The molecule has 2 aromatic rings. The van der Waals surface area contributed by atoms with Crippen molar-refractivity contribution in [3.05, 3.63) is 35.5 Å². The summed E-state index contributed by atoms with van der Waals surface area (Å²) in [5.74, 6) is 1.75. The summed E-state index contributed by atoms with van der Waals surface area (Å²) in [6.45, 7) is 6.93. The minimum atomic E-state index is 0.200. The van der Waals surface area contributed by atoms with Crippen LogP contribution in [0.15, 0.2) is 24.5 Å². The lowest BCUT2D eigenvalue weighted by Gasteiger charge is -2.16. The van der Waals surface area contributed by atoms with Gasteiger partial charge in [-0.05, 0) is 13.0 Å². The average molecular weight is 280 g/mol. The summed E-state index contributed by atoms with van der Waals surface area (Å²) in [7, 11) is 0. The quantitative estimate of drug-likeness (QED) is 0.855. The van der Waals surface area contributed by atoms with Crippen molar-refractivity contribution in [2.75, 3.05) is 5.32 Å². The lowest BCUT2D eigenvalue weighted by Crippen LogP contribution is -2.23. The molecule has 1 unspecified atom stereocenters. The Kier molecular flexibility index (Phi) is 4.37.